The zero-order chi connectivity index (χ0) is 23.5. The number of sulfonamides is 1. The number of rotatable bonds is 6. The molecule has 1 aliphatic heterocycles. The minimum absolute atomic E-state index is 0.0147. The lowest BCUT2D eigenvalue weighted by Crippen LogP contribution is -2.41. The van der Waals surface area contributed by atoms with E-state index in [1.807, 2.05) is 0 Å². The van der Waals surface area contributed by atoms with Gasteiger partial charge in [0.25, 0.3) is 0 Å². The van der Waals surface area contributed by atoms with Crippen LogP contribution in [-0.2, 0) is 19.6 Å². The van der Waals surface area contributed by atoms with E-state index >= 15 is 0 Å². The maximum absolute atomic E-state index is 14.0. The number of piperidine rings is 1. The van der Waals surface area contributed by atoms with Gasteiger partial charge in [-0.15, -0.1) is 0 Å². The summed E-state index contributed by atoms with van der Waals surface area (Å²) in [5.41, 5.74) is 1.06. The molecular formula is C22H25F2N3O4S. The van der Waals surface area contributed by atoms with Crippen molar-refractivity contribution >= 4 is 33.2 Å². The summed E-state index contributed by atoms with van der Waals surface area (Å²) in [6.45, 7) is 3.58. The largest absolute Gasteiger partial charge is 0.326 e. The van der Waals surface area contributed by atoms with Gasteiger partial charge in [0, 0.05) is 36.3 Å². The van der Waals surface area contributed by atoms with Crippen molar-refractivity contribution in [1.82, 2.24) is 4.31 Å². The van der Waals surface area contributed by atoms with E-state index in [-0.39, 0.29) is 43.7 Å². The standard InChI is InChI=1S/C22H25F2N3O4S/c1-14(2)21(28)25-17-4-3-5-18(13-17)26-22(29)15-8-10-27(11-9-15)32(30,31)20-12-16(23)6-7-19(20)24/h3-7,12-15H,8-11H2,1-2H3,(H,25,28)(H,26,29). The van der Waals surface area contributed by atoms with Crippen LogP contribution in [0.2, 0.25) is 0 Å². The van der Waals surface area contributed by atoms with Gasteiger partial charge in [-0.2, -0.15) is 4.31 Å². The van der Waals surface area contributed by atoms with Gasteiger partial charge in [0.05, 0.1) is 0 Å². The Kier molecular flexibility index (Phi) is 7.25. The summed E-state index contributed by atoms with van der Waals surface area (Å²) < 4.78 is 53.8. The molecule has 0 aliphatic carbocycles. The zero-order valence-corrected chi connectivity index (χ0v) is 18.6. The summed E-state index contributed by atoms with van der Waals surface area (Å²) in [4.78, 5) is 23.8. The molecule has 3 rings (SSSR count). The first-order valence-corrected chi connectivity index (χ1v) is 11.7. The minimum atomic E-state index is -4.20. The molecule has 172 valence electrons. The van der Waals surface area contributed by atoms with E-state index in [4.69, 9.17) is 0 Å². The van der Waals surface area contributed by atoms with Crippen molar-refractivity contribution in [3.8, 4) is 0 Å². The van der Waals surface area contributed by atoms with Gasteiger partial charge in [0.2, 0.25) is 21.8 Å². The number of nitrogens with zero attached hydrogens (tertiary/aromatic N) is 1. The van der Waals surface area contributed by atoms with Gasteiger partial charge in [-0.1, -0.05) is 19.9 Å². The highest BCUT2D eigenvalue weighted by molar-refractivity contribution is 7.89. The first-order valence-electron chi connectivity index (χ1n) is 10.2. The maximum Gasteiger partial charge on any atom is 0.246 e. The van der Waals surface area contributed by atoms with Gasteiger partial charge in [-0.05, 0) is 49.2 Å². The second-order valence-electron chi connectivity index (χ2n) is 7.97. The molecular weight excluding hydrogens is 440 g/mol. The van der Waals surface area contributed by atoms with Gasteiger partial charge in [0.15, 0.2) is 0 Å². The molecule has 0 aromatic heterocycles. The monoisotopic (exact) mass is 465 g/mol. The number of nitrogens with one attached hydrogen (secondary N) is 2. The predicted octanol–water partition coefficient (Wildman–Crippen LogP) is 3.60. The van der Waals surface area contributed by atoms with Crippen LogP contribution in [0.5, 0.6) is 0 Å². The predicted molar refractivity (Wildman–Crippen MR) is 116 cm³/mol. The van der Waals surface area contributed by atoms with Crippen molar-refractivity contribution in [3.05, 3.63) is 54.1 Å². The van der Waals surface area contributed by atoms with E-state index < -0.39 is 32.5 Å². The highest BCUT2D eigenvalue weighted by Crippen LogP contribution is 2.27. The van der Waals surface area contributed by atoms with Crippen molar-refractivity contribution in [1.29, 1.82) is 0 Å². The molecule has 1 fully saturated rings. The fourth-order valence-corrected chi connectivity index (χ4v) is 4.92. The maximum atomic E-state index is 14.0. The normalized spacial score (nSPS) is 15.5. The van der Waals surface area contributed by atoms with E-state index in [2.05, 4.69) is 10.6 Å². The van der Waals surface area contributed by atoms with Crippen molar-refractivity contribution in [2.45, 2.75) is 31.6 Å². The number of benzene rings is 2. The molecule has 0 spiro atoms. The summed E-state index contributed by atoms with van der Waals surface area (Å²) >= 11 is 0. The molecule has 1 aliphatic rings. The third-order valence-electron chi connectivity index (χ3n) is 5.26. The quantitative estimate of drug-likeness (QED) is 0.682. The lowest BCUT2D eigenvalue weighted by atomic mass is 9.97. The van der Waals surface area contributed by atoms with E-state index in [9.17, 15) is 26.8 Å². The Labute approximate surface area is 185 Å². The fourth-order valence-electron chi connectivity index (χ4n) is 3.38. The van der Waals surface area contributed by atoms with Crippen LogP contribution in [0.15, 0.2) is 47.4 Å². The van der Waals surface area contributed by atoms with Gasteiger partial charge in [-0.3, -0.25) is 9.59 Å². The lowest BCUT2D eigenvalue weighted by molar-refractivity contribution is -0.121. The summed E-state index contributed by atoms with van der Waals surface area (Å²) in [5.74, 6) is -2.90. The van der Waals surface area contributed by atoms with Crippen LogP contribution in [0, 0.1) is 23.5 Å². The molecule has 0 atom stereocenters. The molecule has 32 heavy (non-hydrogen) atoms. The van der Waals surface area contributed by atoms with Crippen LogP contribution in [0.25, 0.3) is 0 Å². The number of hydrogen-bond donors (Lipinski definition) is 2. The summed E-state index contributed by atoms with van der Waals surface area (Å²) in [5, 5.41) is 5.55. The molecule has 2 aromatic rings. The van der Waals surface area contributed by atoms with Crippen molar-refractivity contribution in [2.24, 2.45) is 11.8 Å². The second-order valence-corrected chi connectivity index (χ2v) is 9.87. The molecule has 0 radical (unpaired) electrons. The highest BCUT2D eigenvalue weighted by atomic mass is 32.2. The molecule has 10 heteroatoms. The first kappa shape index (κ1) is 23.8. The second kappa shape index (κ2) is 9.74. The molecule has 7 nitrogen and oxygen atoms in total. The Balaban J connectivity index is 1.61. The minimum Gasteiger partial charge on any atom is -0.326 e. The molecule has 1 heterocycles. The molecule has 2 aromatic carbocycles. The topological polar surface area (TPSA) is 95.6 Å². The van der Waals surface area contributed by atoms with Gasteiger partial charge in [-0.25, -0.2) is 17.2 Å². The Hall–Kier alpha value is -2.85. The Bertz CT molecular complexity index is 1110. The van der Waals surface area contributed by atoms with Crippen LogP contribution in [0.4, 0.5) is 20.2 Å². The molecule has 0 saturated carbocycles. The van der Waals surface area contributed by atoms with Crippen LogP contribution in [0.1, 0.15) is 26.7 Å². The first-order chi connectivity index (χ1) is 15.1. The molecule has 1 saturated heterocycles. The SMILES string of the molecule is CC(C)C(=O)Nc1cccc(NC(=O)C2CCN(S(=O)(=O)c3cc(F)ccc3F)CC2)c1. The van der Waals surface area contributed by atoms with Crippen LogP contribution in [-0.4, -0.2) is 37.6 Å². The number of anilines is 2. The van der Waals surface area contributed by atoms with E-state index in [1.165, 1.54) is 0 Å². The average Bonchev–Trinajstić information content (AvgIpc) is 2.75. The van der Waals surface area contributed by atoms with Gasteiger partial charge in [0.1, 0.15) is 16.5 Å². The number of hydrogen-bond acceptors (Lipinski definition) is 4. The fraction of sp³-hybridized carbons (Fsp3) is 0.364. The summed E-state index contributed by atoms with van der Waals surface area (Å²) in [6, 6.07) is 9.04. The third kappa shape index (κ3) is 5.49. The Morgan fingerprint density at radius 1 is 1.00 bits per heavy atom. The Morgan fingerprint density at radius 3 is 2.25 bits per heavy atom. The average molecular weight is 466 g/mol. The molecule has 0 bridgehead atoms. The highest BCUT2D eigenvalue weighted by Gasteiger charge is 2.33. The molecule has 2 N–H and O–H groups in total. The van der Waals surface area contributed by atoms with Gasteiger partial charge < -0.3 is 10.6 Å². The number of carbonyl (C=O) groups excluding carboxylic acids is 2. The van der Waals surface area contributed by atoms with Crippen molar-refractivity contribution in [3.63, 3.8) is 0 Å². The van der Waals surface area contributed by atoms with E-state index in [0.29, 0.717) is 17.4 Å². The molecule has 2 amide bonds. The zero-order valence-electron chi connectivity index (χ0n) is 17.8. The molecule has 0 unspecified atom stereocenters. The van der Waals surface area contributed by atoms with Crippen LogP contribution < -0.4 is 10.6 Å². The van der Waals surface area contributed by atoms with Crippen molar-refractivity contribution in [2.75, 3.05) is 23.7 Å². The van der Waals surface area contributed by atoms with E-state index in [0.717, 1.165) is 16.4 Å². The number of carbonyl (C=O) groups is 2. The van der Waals surface area contributed by atoms with E-state index in [1.54, 1.807) is 38.1 Å². The van der Waals surface area contributed by atoms with Gasteiger partial charge >= 0.3 is 0 Å². The van der Waals surface area contributed by atoms with Crippen LogP contribution in [0.3, 0.4) is 0 Å². The summed E-state index contributed by atoms with van der Waals surface area (Å²) in [7, 11) is -4.20. The number of amides is 2. The third-order valence-corrected chi connectivity index (χ3v) is 7.17. The van der Waals surface area contributed by atoms with Crippen LogP contribution >= 0.6 is 0 Å². The lowest BCUT2D eigenvalue weighted by Gasteiger charge is -2.30. The smallest absolute Gasteiger partial charge is 0.246 e. The Morgan fingerprint density at radius 2 is 1.62 bits per heavy atom. The summed E-state index contributed by atoms with van der Waals surface area (Å²) in [6.07, 6.45) is 0.484. The number of halogens is 2. The van der Waals surface area contributed by atoms with Crippen molar-refractivity contribution < 1.29 is 26.8 Å².